The molecular formula is C16H25Cl2N. The molecule has 108 valence electrons. The Morgan fingerprint density at radius 1 is 1.05 bits per heavy atom. The first-order valence-electron chi connectivity index (χ1n) is 7.11. The summed E-state index contributed by atoms with van der Waals surface area (Å²) in [5.41, 5.74) is 1.07. The molecule has 0 heterocycles. The van der Waals surface area contributed by atoms with Crippen LogP contribution in [0.25, 0.3) is 0 Å². The predicted molar refractivity (Wildman–Crippen MR) is 86.2 cm³/mol. The van der Waals surface area contributed by atoms with Crippen molar-refractivity contribution in [3.8, 4) is 0 Å². The van der Waals surface area contributed by atoms with E-state index in [1.165, 1.54) is 19.3 Å². The molecule has 3 heteroatoms. The van der Waals surface area contributed by atoms with Gasteiger partial charge in [0.25, 0.3) is 0 Å². The lowest BCUT2D eigenvalue weighted by molar-refractivity contribution is 0.424. The maximum absolute atomic E-state index is 6.25. The molecule has 0 fully saturated rings. The maximum Gasteiger partial charge on any atom is 0.0639 e. The van der Waals surface area contributed by atoms with Crippen LogP contribution in [0.1, 0.15) is 58.6 Å². The lowest BCUT2D eigenvalue weighted by atomic mass is 10.0. The monoisotopic (exact) mass is 301 g/mol. The number of halogens is 2. The van der Waals surface area contributed by atoms with E-state index in [2.05, 4.69) is 33.0 Å². The van der Waals surface area contributed by atoms with Gasteiger partial charge in [-0.05, 0) is 37.8 Å². The first-order chi connectivity index (χ1) is 8.91. The molecule has 1 N–H and O–H groups in total. The first-order valence-corrected chi connectivity index (χ1v) is 7.87. The molecule has 1 aromatic carbocycles. The van der Waals surface area contributed by atoms with Crippen LogP contribution in [0, 0.1) is 5.92 Å². The Hall–Kier alpha value is -0.240. The van der Waals surface area contributed by atoms with Crippen LogP contribution >= 0.6 is 23.2 Å². The van der Waals surface area contributed by atoms with Crippen molar-refractivity contribution in [3.05, 3.63) is 33.8 Å². The smallest absolute Gasteiger partial charge is 0.0639 e. The molecular weight excluding hydrogens is 277 g/mol. The summed E-state index contributed by atoms with van der Waals surface area (Å²) in [5, 5.41) is 4.89. The van der Waals surface area contributed by atoms with Crippen molar-refractivity contribution in [1.29, 1.82) is 0 Å². The molecule has 1 aromatic rings. The molecule has 0 saturated carbocycles. The number of benzene rings is 1. The predicted octanol–water partition coefficient (Wildman–Crippen LogP) is 5.86. The average molecular weight is 302 g/mol. The van der Waals surface area contributed by atoms with Crippen LogP contribution in [0.2, 0.25) is 10.0 Å². The normalized spacial score (nSPS) is 14.7. The standard InChI is InChI=1S/C16H25Cl2N/c1-11(2)7-5-8-12(3)19-13(4)14-9-6-10-15(17)16(14)18/h6,9-13,19H,5,7-8H2,1-4H3. The topological polar surface area (TPSA) is 12.0 Å². The second-order valence-electron chi connectivity index (χ2n) is 5.76. The Bertz CT molecular complexity index is 390. The van der Waals surface area contributed by atoms with E-state index in [1.807, 2.05) is 18.2 Å². The van der Waals surface area contributed by atoms with Gasteiger partial charge in [-0.1, -0.05) is 62.0 Å². The molecule has 0 saturated heterocycles. The highest BCUT2D eigenvalue weighted by molar-refractivity contribution is 6.42. The van der Waals surface area contributed by atoms with Crippen LogP contribution in [-0.2, 0) is 0 Å². The molecule has 0 aliphatic carbocycles. The summed E-state index contributed by atoms with van der Waals surface area (Å²) in [6.07, 6.45) is 3.75. The lowest BCUT2D eigenvalue weighted by Gasteiger charge is -2.22. The van der Waals surface area contributed by atoms with Gasteiger partial charge in [-0.25, -0.2) is 0 Å². The Morgan fingerprint density at radius 3 is 2.37 bits per heavy atom. The van der Waals surface area contributed by atoms with Gasteiger partial charge in [0.2, 0.25) is 0 Å². The van der Waals surface area contributed by atoms with Gasteiger partial charge in [0.15, 0.2) is 0 Å². The number of nitrogens with one attached hydrogen (secondary N) is 1. The summed E-state index contributed by atoms with van der Waals surface area (Å²) in [5.74, 6) is 0.784. The van der Waals surface area contributed by atoms with E-state index in [0.29, 0.717) is 16.1 Å². The van der Waals surface area contributed by atoms with Gasteiger partial charge in [-0.2, -0.15) is 0 Å². The summed E-state index contributed by atoms with van der Waals surface area (Å²) >= 11 is 12.3. The SMILES string of the molecule is CC(C)CCCC(C)NC(C)c1cccc(Cl)c1Cl. The summed E-state index contributed by atoms with van der Waals surface area (Å²) in [4.78, 5) is 0. The van der Waals surface area contributed by atoms with Crippen LogP contribution in [0.4, 0.5) is 0 Å². The van der Waals surface area contributed by atoms with Crippen LogP contribution in [0.3, 0.4) is 0 Å². The number of hydrogen-bond acceptors (Lipinski definition) is 1. The minimum atomic E-state index is 0.222. The fourth-order valence-electron chi connectivity index (χ4n) is 2.29. The van der Waals surface area contributed by atoms with E-state index in [4.69, 9.17) is 23.2 Å². The van der Waals surface area contributed by atoms with Gasteiger partial charge in [-0.3, -0.25) is 0 Å². The Labute approximate surface area is 127 Å². The molecule has 0 aliphatic rings. The van der Waals surface area contributed by atoms with Crippen molar-refractivity contribution in [2.75, 3.05) is 0 Å². The summed E-state index contributed by atoms with van der Waals surface area (Å²) in [6, 6.07) is 6.52. The van der Waals surface area contributed by atoms with E-state index in [0.717, 1.165) is 11.5 Å². The zero-order chi connectivity index (χ0) is 14.4. The molecule has 1 nitrogen and oxygen atoms in total. The Morgan fingerprint density at radius 2 is 1.74 bits per heavy atom. The Balaban J connectivity index is 2.50. The van der Waals surface area contributed by atoms with Gasteiger partial charge in [0, 0.05) is 12.1 Å². The molecule has 0 spiro atoms. The highest BCUT2D eigenvalue weighted by Gasteiger charge is 2.14. The van der Waals surface area contributed by atoms with Gasteiger partial charge in [0.05, 0.1) is 10.0 Å². The number of hydrogen-bond donors (Lipinski definition) is 1. The molecule has 0 radical (unpaired) electrons. The second-order valence-corrected chi connectivity index (χ2v) is 6.54. The van der Waals surface area contributed by atoms with Crippen molar-refractivity contribution in [2.24, 2.45) is 5.92 Å². The zero-order valence-corrected chi connectivity index (χ0v) is 13.9. The van der Waals surface area contributed by atoms with E-state index in [1.54, 1.807) is 0 Å². The maximum atomic E-state index is 6.25. The number of rotatable bonds is 7. The first kappa shape index (κ1) is 16.8. The van der Waals surface area contributed by atoms with Gasteiger partial charge < -0.3 is 5.32 Å². The van der Waals surface area contributed by atoms with Gasteiger partial charge in [0.1, 0.15) is 0 Å². The summed E-state index contributed by atoms with van der Waals surface area (Å²) in [7, 11) is 0. The third kappa shape index (κ3) is 5.72. The van der Waals surface area contributed by atoms with E-state index < -0.39 is 0 Å². The highest BCUT2D eigenvalue weighted by atomic mass is 35.5. The van der Waals surface area contributed by atoms with Crippen molar-refractivity contribution in [2.45, 2.75) is 59.0 Å². The summed E-state index contributed by atoms with van der Waals surface area (Å²) < 4.78 is 0. The minimum absolute atomic E-state index is 0.222. The quantitative estimate of drug-likeness (QED) is 0.665. The molecule has 0 aromatic heterocycles. The minimum Gasteiger partial charge on any atom is -0.308 e. The Kier molecular flexibility index (Phi) is 7.20. The lowest BCUT2D eigenvalue weighted by Crippen LogP contribution is -2.29. The molecule has 0 amide bonds. The van der Waals surface area contributed by atoms with Crippen LogP contribution in [0.5, 0.6) is 0 Å². The second kappa shape index (κ2) is 8.14. The third-order valence-corrected chi connectivity index (χ3v) is 4.23. The molecule has 1 rings (SSSR count). The van der Waals surface area contributed by atoms with Crippen molar-refractivity contribution >= 4 is 23.2 Å². The van der Waals surface area contributed by atoms with Gasteiger partial charge in [-0.15, -0.1) is 0 Å². The zero-order valence-electron chi connectivity index (χ0n) is 12.3. The highest BCUT2D eigenvalue weighted by Crippen LogP contribution is 2.30. The van der Waals surface area contributed by atoms with Crippen molar-refractivity contribution in [1.82, 2.24) is 5.32 Å². The molecule has 0 bridgehead atoms. The van der Waals surface area contributed by atoms with Crippen LogP contribution in [-0.4, -0.2) is 6.04 Å². The van der Waals surface area contributed by atoms with Crippen LogP contribution < -0.4 is 5.32 Å². The molecule has 0 aliphatic heterocycles. The van der Waals surface area contributed by atoms with E-state index in [-0.39, 0.29) is 6.04 Å². The van der Waals surface area contributed by atoms with Crippen LogP contribution in [0.15, 0.2) is 18.2 Å². The van der Waals surface area contributed by atoms with E-state index in [9.17, 15) is 0 Å². The average Bonchev–Trinajstić information content (AvgIpc) is 2.31. The van der Waals surface area contributed by atoms with Gasteiger partial charge >= 0.3 is 0 Å². The fourth-order valence-corrected chi connectivity index (χ4v) is 2.76. The molecule has 2 unspecified atom stereocenters. The summed E-state index contributed by atoms with van der Waals surface area (Å²) in [6.45, 7) is 8.91. The van der Waals surface area contributed by atoms with Crippen molar-refractivity contribution < 1.29 is 0 Å². The van der Waals surface area contributed by atoms with E-state index >= 15 is 0 Å². The fraction of sp³-hybridized carbons (Fsp3) is 0.625. The molecule has 2 atom stereocenters. The largest absolute Gasteiger partial charge is 0.308 e. The molecule has 19 heavy (non-hydrogen) atoms. The third-order valence-electron chi connectivity index (χ3n) is 3.40. The van der Waals surface area contributed by atoms with Crippen molar-refractivity contribution in [3.63, 3.8) is 0 Å².